The summed E-state index contributed by atoms with van der Waals surface area (Å²) in [4.78, 5) is 24.9. The molecule has 0 atom stereocenters. The summed E-state index contributed by atoms with van der Waals surface area (Å²) in [6, 6.07) is 30.6. The molecule has 0 fully saturated rings. The molecule has 0 saturated carbocycles. The summed E-state index contributed by atoms with van der Waals surface area (Å²) in [5.41, 5.74) is 0. The van der Waals surface area contributed by atoms with Crippen molar-refractivity contribution in [3.63, 3.8) is 0 Å². The Kier molecular flexibility index (Phi) is 6.73. The Balaban J connectivity index is 2.14. The van der Waals surface area contributed by atoms with Gasteiger partial charge in [-0.3, -0.25) is 0 Å². The fourth-order valence-corrected chi connectivity index (χ4v) is 8.32. The van der Waals surface area contributed by atoms with Crippen LogP contribution in [-0.2, 0) is 14.3 Å². The first kappa shape index (κ1) is 20.0. The maximum atomic E-state index is 13.0. The molecular formula is C24H25O3P. The van der Waals surface area contributed by atoms with E-state index in [2.05, 4.69) is 36.4 Å². The molecule has 0 bridgehead atoms. The summed E-state index contributed by atoms with van der Waals surface area (Å²) < 4.78 is 5.00. The van der Waals surface area contributed by atoms with Gasteiger partial charge >= 0.3 is 166 Å². The minimum absolute atomic E-state index is 0.0818. The maximum absolute atomic E-state index is 13.0. The van der Waals surface area contributed by atoms with Crippen molar-refractivity contribution in [2.45, 2.75) is 13.3 Å². The molecule has 0 spiro atoms. The van der Waals surface area contributed by atoms with Gasteiger partial charge in [0, 0.05) is 0 Å². The number of carbonyl (C=O) groups is 2. The molecule has 0 amide bonds. The van der Waals surface area contributed by atoms with Crippen LogP contribution in [0.2, 0.25) is 0 Å². The van der Waals surface area contributed by atoms with Gasteiger partial charge in [-0.25, -0.2) is 0 Å². The number of ketones is 1. The summed E-state index contributed by atoms with van der Waals surface area (Å²) in [6.07, 6.45) is 0.138. The Morgan fingerprint density at radius 2 is 1.11 bits per heavy atom. The van der Waals surface area contributed by atoms with Gasteiger partial charge < -0.3 is 0 Å². The number of carbonyl (C=O) groups excluding carboxylic acids is 2. The second-order valence-electron chi connectivity index (χ2n) is 6.70. The molecule has 0 aliphatic carbocycles. The van der Waals surface area contributed by atoms with Crippen molar-refractivity contribution in [3.05, 3.63) is 91.0 Å². The van der Waals surface area contributed by atoms with Crippen LogP contribution in [0.3, 0.4) is 0 Å². The van der Waals surface area contributed by atoms with Crippen LogP contribution in [0.5, 0.6) is 0 Å². The summed E-state index contributed by atoms with van der Waals surface area (Å²) in [6.45, 7) is 2.03. The molecule has 3 aromatic rings. The van der Waals surface area contributed by atoms with Gasteiger partial charge in [-0.1, -0.05) is 0 Å². The molecule has 0 N–H and O–H groups in total. The molecule has 0 aliphatic rings. The van der Waals surface area contributed by atoms with E-state index in [0.717, 1.165) is 15.9 Å². The number of ether oxygens (including phenoxy) is 1. The predicted octanol–water partition coefficient (Wildman–Crippen LogP) is 3.24. The third-order valence-corrected chi connectivity index (χ3v) is 9.79. The van der Waals surface area contributed by atoms with E-state index < -0.39 is 13.2 Å². The van der Waals surface area contributed by atoms with Crippen molar-refractivity contribution >= 4 is 34.9 Å². The normalized spacial score (nSPS) is 11.6. The van der Waals surface area contributed by atoms with Crippen molar-refractivity contribution in [3.8, 4) is 0 Å². The van der Waals surface area contributed by atoms with Crippen LogP contribution in [-0.4, -0.2) is 24.5 Å². The molecular weight excluding hydrogens is 367 g/mol. The number of Topliss-reactive ketones (excluding diaryl/α,β-unsaturated/α-hetero) is 1. The van der Waals surface area contributed by atoms with E-state index in [4.69, 9.17) is 4.74 Å². The van der Waals surface area contributed by atoms with Gasteiger partial charge in [0.2, 0.25) is 0 Å². The average Bonchev–Trinajstić information content (AvgIpc) is 2.74. The molecule has 0 aliphatic heterocycles. The first-order valence-electron chi connectivity index (χ1n) is 9.50. The van der Waals surface area contributed by atoms with E-state index in [1.807, 2.05) is 54.6 Å². The monoisotopic (exact) mass is 392 g/mol. The summed E-state index contributed by atoms with van der Waals surface area (Å²) in [5, 5.41) is 3.47. The van der Waals surface area contributed by atoms with Gasteiger partial charge in [0.1, 0.15) is 0 Å². The van der Waals surface area contributed by atoms with Crippen LogP contribution in [0, 0.1) is 0 Å². The molecule has 0 aromatic heterocycles. The van der Waals surface area contributed by atoms with E-state index in [1.54, 1.807) is 6.92 Å². The molecule has 4 heteroatoms. The molecule has 0 heterocycles. The van der Waals surface area contributed by atoms with Crippen molar-refractivity contribution < 1.29 is 14.3 Å². The fraction of sp³-hybridized carbons (Fsp3) is 0.167. The number of hydrogen-bond acceptors (Lipinski definition) is 3. The first-order chi connectivity index (χ1) is 13.7. The third kappa shape index (κ3) is 4.37. The van der Waals surface area contributed by atoms with E-state index in [9.17, 15) is 9.59 Å². The standard InChI is InChI=1S/C24H25O3P/c1-2-27-24(26)18-20(25)19-28(21-12-6-3-7-13-21,22-14-8-4-9-15-22)23-16-10-5-11-17-23/h3-17,28H,2,18-19H2,1H3. The van der Waals surface area contributed by atoms with Crippen LogP contribution >= 0.6 is 7.26 Å². The Labute approximate surface area is 166 Å². The van der Waals surface area contributed by atoms with Crippen molar-refractivity contribution in [1.82, 2.24) is 0 Å². The van der Waals surface area contributed by atoms with Crippen LogP contribution in [0.25, 0.3) is 0 Å². The second-order valence-corrected chi connectivity index (χ2v) is 10.6. The Bertz CT molecular complexity index is 812. The zero-order valence-electron chi connectivity index (χ0n) is 16.0. The summed E-state index contributed by atoms with van der Waals surface area (Å²) in [7, 11) is -2.63. The van der Waals surface area contributed by atoms with Crippen molar-refractivity contribution in [2.24, 2.45) is 0 Å². The van der Waals surface area contributed by atoms with E-state index in [0.29, 0.717) is 6.16 Å². The fourth-order valence-electron chi connectivity index (χ4n) is 3.71. The zero-order valence-corrected chi connectivity index (χ0v) is 17.0. The van der Waals surface area contributed by atoms with Gasteiger partial charge in [-0.15, -0.1) is 0 Å². The van der Waals surface area contributed by atoms with E-state index in [1.165, 1.54) is 0 Å². The molecule has 144 valence electrons. The summed E-state index contributed by atoms with van der Waals surface area (Å²) in [5.74, 6) is -0.536. The molecule has 0 saturated heterocycles. The quantitative estimate of drug-likeness (QED) is 0.336. The number of esters is 1. The molecule has 3 rings (SSSR count). The molecule has 3 nitrogen and oxygen atoms in total. The van der Waals surface area contributed by atoms with Crippen LogP contribution in [0.1, 0.15) is 13.3 Å². The van der Waals surface area contributed by atoms with Crippen molar-refractivity contribution in [2.75, 3.05) is 12.8 Å². The first-order valence-corrected chi connectivity index (χ1v) is 11.7. The van der Waals surface area contributed by atoms with Gasteiger partial charge in [0.15, 0.2) is 0 Å². The van der Waals surface area contributed by atoms with Crippen LogP contribution < -0.4 is 15.9 Å². The number of rotatable bonds is 8. The third-order valence-electron chi connectivity index (χ3n) is 4.91. The molecule has 0 unspecified atom stereocenters. The molecule has 3 aromatic carbocycles. The van der Waals surface area contributed by atoms with E-state index in [-0.39, 0.29) is 18.8 Å². The van der Waals surface area contributed by atoms with E-state index >= 15 is 0 Å². The predicted molar refractivity (Wildman–Crippen MR) is 118 cm³/mol. The SMILES string of the molecule is CCOC(=O)CC(=O)C[PH](c1ccccc1)(c1ccccc1)c1ccccc1. The zero-order chi connectivity index (χ0) is 19.8. The molecule has 0 radical (unpaired) electrons. The second kappa shape index (κ2) is 9.43. The average molecular weight is 392 g/mol. The van der Waals surface area contributed by atoms with Crippen LogP contribution in [0.4, 0.5) is 0 Å². The van der Waals surface area contributed by atoms with Crippen molar-refractivity contribution in [1.29, 1.82) is 0 Å². The van der Waals surface area contributed by atoms with Gasteiger partial charge in [0.05, 0.1) is 0 Å². The Morgan fingerprint density at radius 1 is 0.714 bits per heavy atom. The molecule has 28 heavy (non-hydrogen) atoms. The summed E-state index contributed by atoms with van der Waals surface area (Å²) >= 11 is 0. The topological polar surface area (TPSA) is 43.4 Å². The Morgan fingerprint density at radius 3 is 1.46 bits per heavy atom. The minimum atomic E-state index is -2.63. The van der Waals surface area contributed by atoms with Gasteiger partial charge in [-0.05, 0) is 0 Å². The number of benzene rings is 3. The number of hydrogen-bond donors (Lipinski definition) is 0. The van der Waals surface area contributed by atoms with Gasteiger partial charge in [0.25, 0.3) is 0 Å². The Hall–Kier alpha value is -2.77. The van der Waals surface area contributed by atoms with Gasteiger partial charge in [-0.2, -0.15) is 0 Å². The van der Waals surface area contributed by atoms with Crippen LogP contribution in [0.15, 0.2) is 91.0 Å².